The number of anilines is 1. The molecule has 28 heavy (non-hydrogen) atoms. The van der Waals surface area contributed by atoms with Gasteiger partial charge < -0.3 is 19.7 Å². The van der Waals surface area contributed by atoms with Crippen molar-refractivity contribution in [2.75, 3.05) is 18.6 Å². The Bertz CT molecular complexity index is 815. The molecule has 148 valence electrons. The molecular weight excluding hydrogens is 356 g/mol. The molecule has 1 N–H and O–H groups in total. The molecule has 0 aromatic heterocycles. The van der Waals surface area contributed by atoms with Crippen LogP contribution in [0.15, 0.2) is 48.5 Å². The Morgan fingerprint density at radius 1 is 1.11 bits per heavy atom. The number of rotatable bonds is 7. The van der Waals surface area contributed by atoms with Crippen LogP contribution in [0.1, 0.15) is 25.8 Å². The number of carbonyl (C=O) groups excluding carboxylic acids is 2. The first-order valence-electron chi connectivity index (χ1n) is 9.44. The molecule has 1 aliphatic heterocycles. The van der Waals surface area contributed by atoms with Crippen molar-refractivity contribution in [3.63, 3.8) is 0 Å². The van der Waals surface area contributed by atoms with Crippen molar-refractivity contribution in [2.45, 2.75) is 32.9 Å². The molecule has 2 aromatic rings. The van der Waals surface area contributed by atoms with Crippen LogP contribution in [0.2, 0.25) is 0 Å². The largest absolute Gasteiger partial charge is 0.497 e. The molecule has 3 rings (SSSR count). The monoisotopic (exact) mass is 382 g/mol. The Labute approximate surface area is 165 Å². The van der Waals surface area contributed by atoms with E-state index in [0.29, 0.717) is 13.1 Å². The first kappa shape index (κ1) is 19.7. The number of hydrogen-bond acceptors (Lipinski definition) is 4. The number of hydrogen-bond donors (Lipinski definition) is 1. The fourth-order valence-electron chi connectivity index (χ4n) is 3.19. The van der Waals surface area contributed by atoms with Crippen molar-refractivity contribution in [1.82, 2.24) is 5.32 Å². The summed E-state index contributed by atoms with van der Waals surface area (Å²) < 4.78 is 10.8. The third-order valence-corrected chi connectivity index (χ3v) is 4.64. The van der Waals surface area contributed by atoms with Crippen LogP contribution in [-0.4, -0.2) is 31.6 Å². The predicted molar refractivity (Wildman–Crippen MR) is 108 cm³/mol. The second kappa shape index (κ2) is 8.78. The number of ether oxygens (including phenoxy) is 2. The van der Waals surface area contributed by atoms with Gasteiger partial charge in [-0.05, 0) is 55.8 Å². The minimum absolute atomic E-state index is 0.0412. The maximum Gasteiger partial charge on any atom is 0.227 e. The summed E-state index contributed by atoms with van der Waals surface area (Å²) in [7, 11) is 1.60. The molecule has 0 bridgehead atoms. The fourth-order valence-corrected chi connectivity index (χ4v) is 3.19. The number of methoxy groups -OCH3 is 1. The molecule has 1 fully saturated rings. The summed E-state index contributed by atoms with van der Waals surface area (Å²) in [5, 5.41) is 2.93. The van der Waals surface area contributed by atoms with Crippen LogP contribution in [0, 0.1) is 5.92 Å². The third-order valence-electron chi connectivity index (χ3n) is 4.64. The average Bonchev–Trinajstić information content (AvgIpc) is 3.08. The fraction of sp³-hybridized carbons (Fsp3) is 0.364. The van der Waals surface area contributed by atoms with Gasteiger partial charge in [0.25, 0.3) is 0 Å². The first-order valence-corrected chi connectivity index (χ1v) is 9.44. The summed E-state index contributed by atoms with van der Waals surface area (Å²) in [6.07, 6.45) is 0.345. The van der Waals surface area contributed by atoms with E-state index >= 15 is 0 Å². The van der Waals surface area contributed by atoms with Crippen LogP contribution in [-0.2, 0) is 16.1 Å². The maximum atomic E-state index is 12.5. The van der Waals surface area contributed by atoms with Crippen LogP contribution < -0.4 is 19.7 Å². The number of carbonyl (C=O) groups is 2. The van der Waals surface area contributed by atoms with E-state index in [1.807, 2.05) is 62.4 Å². The highest BCUT2D eigenvalue weighted by atomic mass is 16.5. The Kier molecular flexibility index (Phi) is 6.19. The van der Waals surface area contributed by atoms with Gasteiger partial charge in [-0.25, -0.2) is 0 Å². The number of amides is 2. The van der Waals surface area contributed by atoms with Crippen molar-refractivity contribution < 1.29 is 19.1 Å². The lowest BCUT2D eigenvalue weighted by atomic mass is 10.1. The van der Waals surface area contributed by atoms with E-state index in [0.717, 1.165) is 22.7 Å². The smallest absolute Gasteiger partial charge is 0.227 e. The van der Waals surface area contributed by atoms with Crippen molar-refractivity contribution in [3.05, 3.63) is 54.1 Å². The lowest BCUT2D eigenvalue weighted by molar-refractivity contribution is -0.126. The second-order valence-electron chi connectivity index (χ2n) is 7.13. The van der Waals surface area contributed by atoms with Gasteiger partial charge >= 0.3 is 0 Å². The van der Waals surface area contributed by atoms with Gasteiger partial charge in [0.1, 0.15) is 11.5 Å². The molecular formula is C22H26N2O4. The van der Waals surface area contributed by atoms with Crippen molar-refractivity contribution in [3.8, 4) is 11.5 Å². The Hall–Kier alpha value is -3.02. The predicted octanol–water partition coefficient (Wildman–Crippen LogP) is 3.15. The summed E-state index contributed by atoms with van der Waals surface area (Å²) in [5.74, 6) is 1.04. The van der Waals surface area contributed by atoms with E-state index in [-0.39, 0.29) is 30.3 Å². The Morgan fingerprint density at radius 3 is 2.36 bits per heavy atom. The van der Waals surface area contributed by atoms with Gasteiger partial charge in [0.15, 0.2) is 0 Å². The van der Waals surface area contributed by atoms with Crippen molar-refractivity contribution in [1.29, 1.82) is 0 Å². The van der Waals surface area contributed by atoms with Crippen LogP contribution in [0.4, 0.5) is 5.69 Å². The zero-order valence-electron chi connectivity index (χ0n) is 16.5. The zero-order valence-corrected chi connectivity index (χ0v) is 16.5. The summed E-state index contributed by atoms with van der Waals surface area (Å²) in [4.78, 5) is 26.5. The molecule has 0 saturated carbocycles. The molecule has 2 amide bonds. The van der Waals surface area contributed by atoms with E-state index in [1.165, 1.54) is 0 Å². The second-order valence-corrected chi connectivity index (χ2v) is 7.13. The molecule has 1 aliphatic rings. The molecule has 6 nitrogen and oxygen atoms in total. The van der Waals surface area contributed by atoms with E-state index in [1.54, 1.807) is 12.0 Å². The SMILES string of the molecule is COc1ccc(N2C[C@H](C(=O)NCc3ccc(OC(C)C)cc3)CC2=O)cc1. The van der Waals surface area contributed by atoms with Gasteiger partial charge in [-0.3, -0.25) is 9.59 Å². The maximum absolute atomic E-state index is 12.5. The Morgan fingerprint density at radius 2 is 1.75 bits per heavy atom. The standard InChI is InChI=1S/C22H26N2O4/c1-15(2)28-20-8-4-16(5-9-20)13-23-22(26)17-12-21(25)24(14-17)18-6-10-19(27-3)11-7-18/h4-11,15,17H,12-14H2,1-3H3,(H,23,26)/t17-/m1/s1. The molecule has 1 heterocycles. The highest BCUT2D eigenvalue weighted by Crippen LogP contribution is 2.27. The first-order chi connectivity index (χ1) is 13.5. The van der Waals surface area contributed by atoms with E-state index in [2.05, 4.69) is 5.32 Å². The molecule has 1 atom stereocenters. The molecule has 0 spiro atoms. The van der Waals surface area contributed by atoms with E-state index in [9.17, 15) is 9.59 Å². The molecule has 0 radical (unpaired) electrons. The van der Waals surface area contributed by atoms with E-state index < -0.39 is 0 Å². The highest BCUT2D eigenvalue weighted by Gasteiger charge is 2.34. The molecule has 6 heteroatoms. The topological polar surface area (TPSA) is 67.9 Å². The highest BCUT2D eigenvalue weighted by molar-refractivity contribution is 6.00. The van der Waals surface area contributed by atoms with Crippen LogP contribution in [0.25, 0.3) is 0 Å². The normalized spacial score (nSPS) is 16.4. The molecule has 0 unspecified atom stereocenters. The van der Waals surface area contributed by atoms with Gasteiger partial charge in [-0.1, -0.05) is 12.1 Å². The van der Waals surface area contributed by atoms with Crippen LogP contribution in [0.3, 0.4) is 0 Å². The minimum atomic E-state index is -0.349. The molecule has 1 saturated heterocycles. The average molecular weight is 382 g/mol. The lowest BCUT2D eigenvalue weighted by Crippen LogP contribution is -2.32. The van der Waals surface area contributed by atoms with Crippen LogP contribution in [0.5, 0.6) is 11.5 Å². The van der Waals surface area contributed by atoms with Crippen LogP contribution >= 0.6 is 0 Å². The van der Waals surface area contributed by atoms with Gasteiger partial charge in [0.2, 0.25) is 11.8 Å². The van der Waals surface area contributed by atoms with Gasteiger partial charge in [-0.15, -0.1) is 0 Å². The lowest BCUT2D eigenvalue weighted by Gasteiger charge is -2.17. The minimum Gasteiger partial charge on any atom is -0.497 e. The number of benzene rings is 2. The summed E-state index contributed by atoms with van der Waals surface area (Å²) in [6, 6.07) is 14.9. The number of nitrogens with one attached hydrogen (secondary N) is 1. The summed E-state index contributed by atoms with van der Waals surface area (Å²) in [5.41, 5.74) is 1.77. The van der Waals surface area contributed by atoms with Crippen molar-refractivity contribution in [2.24, 2.45) is 5.92 Å². The summed E-state index contributed by atoms with van der Waals surface area (Å²) in [6.45, 7) is 4.77. The molecule has 0 aliphatic carbocycles. The third kappa shape index (κ3) is 4.82. The quantitative estimate of drug-likeness (QED) is 0.799. The number of nitrogens with zero attached hydrogens (tertiary/aromatic N) is 1. The Balaban J connectivity index is 1.54. The van der Waals surface area contributed by atoms with Gasteiger partial charge in [-0.2, -0.15) is 0 Å². The summed E-state index contributed by atoms with van der Waals surface area (Å²) >= 11 is 0. The van der Waals surface area contributed by atoms with Crippen molar-refractivity contribution >= 4 is 17.5 Å². The molecule has 2 aromatic carbocycles. The van der Waals surface area contributed by atoms with Gasteiger partial charge in [0, 0.05) is 25.2 Å². The zero-order chi connectivity index (χ0) is 20.1. The van der Waals surface area contributed by atoms with Gasteiger partial charge in [0.05, 0.1) is 19.1 Å². The van der Waals surface area contributed by atoms with E-state index in [4.69, 9.17) is 9.47 Å².